The van der Waals surface area contributed by atoms with Crippen molar-refractivity contribution in [1.29, 1.82) is 0 Å². The van der Waals surface area contributed by atoms with Gasteiger partial charge in [-0.15, -0.1) is 0 Å². The summed E-state index contributed by atoms with van der Waals surface area (Å²) in [7, 11) is -3.53. The number of nitrogens with zero attached hydrogens (tertiary/aromatic N) is 1. The number of unbranched alkanes of at least 4 members (excludes halogenated alkanes) is 2. The number of amidine groups is 1. The molecular formula is C23H24N4O5S. The molecule has 0 aliphatic carbocycles. The Kier molecular flexibility index (Phi) is 6.45. The molecule has 1 aliphatic rings. The molecule has 10 heteroatoms. The van der Waals surface area contributed by atoms with Gasteiger partial charge in [0.15, 0.2) is 5.76 Å². The molecule has 0 saturated heterocycles. The predicted molar refractivity (Wildman–Crippen MR) is 123 cm³/mol. The summed E-state index contributed by atoms with van der Waals surface area (Å²) >= 11 is 0. The molecule has 0 spiro atoms. The summed E-state index contributed by atoms with van der Waals surface area (Å²) in [5.41, 5.74) is 6.70. The van der Waals surface area contributed by atoms with Crippen LogP contribution in [0.2, 0.25) is 0 Å². The van der Waals surface area contributed by atoms with Crippen LogP contribution >= 0.6 is 0 Å². The zero-order valence-corrected chi connectivity index (χ0v) is 18.9. The molecule has 1 aromatic heterocycles. The lowest BCUT2D eigenvalue weighted by Crippen LogP contribution is -2.41. The van der Waals surface area contributed by atoms with Crippen molar-refractivity contribution < 1.29 is 22.4 Å². The van der Waals surface area contributed by atoms with E-state index in [1.54, 1.807) is 37.3 Å². The van der Waals surface area contributed by atoms with Crippen LogP contribution in [0.1, 0.15) is 47.4 Å². The van der Waals surface area contributed by atoms with E-state index in [1.807, 2.05) is 18.2 Å². The molecule has 0 fully saturated rings. The SMILES string of the molecule is Cc1c(C(=O)NNC(=O)CCCCCN=C2NS(=O)(=O)c3ccccc32)oc2ccccc12. The lowest BCUT2D eigenvalue weighted by Gasteiger charge is -2.06. The third-order valence-corrected chi connectivity index (χ3v) is 6.76. The average molecular weight is 469 g/mol. The van der Waals surface area contributed by atoms with Crippen molar-refractivity contribution in [2.75, 3.05) is 6.54 Å². The fourth-order valence-electron chi connectivity index (χ4n) is 3.65. The van der Waals surface area contributed by atoms with E-state index in [-0.39, 0.29) is 23.0 Å². The highest BCUT2D eigenvalue weighted by Crippen LogP contribution is 2.24. The number of sulfonamides is 1. The van der Waals surface area contributed by atoms with Crippen LogP contribution in [0.3, 0.4) is 0 Å². The summed E-state index contributed by atoms with van der Waals surface area (Å²) in [5, 5.41) is 0.853. The number of hydrazine groups is 1. The number of fused-ring (bicyclic) bond motifs is 2. The molecule has 3 aromatic rings. The van der Waals surface area contributed by atoms with Crippen molar-refractivity contribution in [3.05, 3.63) is 65.4 Å². The van der Waals surface area contributed by atoms with Gasteiger partial charge in [0.25, 0.3) is 10.0 Å². The molecule has 2 amide bonds. The molecule has 2 heterocycles. The Labute approximate surface area is 191 Å². The van der Waals surface area contributed by atoms with Gasteiger partial charge in [0.05, 0.1) is 4.90 Å². The first-order chi connectivity index (χ1) is 15.9. The minimum atomic E-state index is -3.53. The normalized spacial score (nSPS) is 15.2. The summed E-state index contributed by atoms with van der Waals surface area (Å²) in [6, 6.07) is 14.1. The summed E-state index contributed by atoms with van der Waals surface area (Å²) in [6.07, 6.45) is 2.28. The molecule has 2 aromatic carbocycles. The predicted octanol–water partition coefficient (Wildman–Crippen LogP) is 2.80. The van der Waals surface area contributed by atoms with Gasteiger partial charge >= 0.3 is 5.91 Å². The Morgan fingerprint density at radius 2 is 1.76 bits per heavy atom. The van der Waals surface area contributed by atoms with Gasteiger partial charge in [0, 0.05) is 29.5 Å². The molecule has 0 unspecified atom stereocenters. The number of hydrogen-bond acceptors (Lipinski definition) is 6. The molecule has 3 N–H and O–H groups in total. The van der Waals surface area contributed by atoms with Crippen LogP contribution in [0.15, 0.2) is 62.8 Å². The van der Waals surface area contributed by atoms with Gasteiger partial charge in [-0.1, -0.05) is 36.8 Å². The molecule has 1 aliphatic heterocycles. The second kappa shape index (κ2) is 9.45. The number of carbonyl (C=O) groups is 2. The van der Waals surface area contributed by atoms with Gasteiger partial charge in [-0.25, -0.2) is 8.42 Å². The third kappa shape index (κ3) is 4.90. The quantitative estimate of drug-likeness (QED) is 0.363. The van der Waals surface area contributed by atoms with E-state index in [0.717, 1.165) is 11.8 Å². The number of para-hydroxylation sites is 1. The molecule has 9 nitrogen and oxygen atoms in total. The number of benzene rings is 2. The number of furan rings is 1. The third-order valence-electron chi connectivity index (χ3n) is 5.36. The van der Waals surface area contributed by atoms with Crippen molar-refractivity contribution in [3.8, 4) is 0 Å². The van der Waals surface area contributed by atoms with Crippen LogP contribution in [0.25, 0.3) is 11.0 Å². The van der Waals surface area contributed by atoms with Crippen LogP contribution in [0.5, 0.6) is 0 Å². The van der Waals surface area contributed by atoms with Crippen molar-refractivity contribution in [3.63, 3.8) is 0 Å². The first-order valence-electron chi connectivity index (χ1n) is 10.6. The van der Waals surface area contributed by atoms with Crippen LogP contribution in [-0.4, -0.2) is 32.6 Å². The van der Waals surface area contributed by atoms with Crippen LogP contribution in [0, 0.1) is 6.92 Å². The number of aliphatic imine (C=N–C) groups is 1. The van der Waals surface area contributed by atoms with E-state index in [1.165, 1.54) is 0 Å². The maximum absolute atomic E-state index is 12.3. The number of aryl methyl sites for hydroxylation is 1. The van der Waals surface area contributed by atoms with E-state index < -0.39 is 15.9 Å². The number of nitrogens with one attached hydrogen (secondary N) is 3. The van der Waals surface area contributed by atoms with Crippen molar-refractivity contribution in [2.24, 2.45) is 4.99 Å². The number of rotatable bonds is 7. The lowest BCUT2D eigenvalue weighted by molar-refractivity contribution is -0.122. The highest BCUT2D eigenvalue weighted by atomic mass is 32.2. The molecule has 0 saturated carbocycles. The zero-order valence-electron chi connectivity index (χ0n) is 18.1. The molecule has 33 heavy (non-hydrogen) atoms. The lowest BCUT2D eigenvalue weighted by atomic mass is 10.1. The Morgan fingerprint density at radius 3 is 2.58 bits per heavy atom. The van der Waals surface area contributed by atoms with Crippen LogP contribution in [0.4, 0.5) is 0 Å². The smallest absolute Gasteiger partial charge is 0.305 e. The standard InChI is InChI=1S/C23H24N4O5S/c1-15-16-9-4-6-11-18(16)32-21(15)23(29)26-25-20(28)13-3-2-8-14-24-22-17-10-5-7-12-19(17)33(30,31)27-22/h4-7,9-12H,2-3,8,13-14H2,1H3,(H,24,27)(H,25,28)(H,26,29). The maximum atomic E-state index is 12.3. The van der Waals surface area contributed by atoms with Gasteiger partial charge in [0.1, 0.15) is 11.4 Å². The Morgan fingerprint density at radius 1 is 1.00 bits per heavy atom. The first kappa shape index (κ1) is 22.5. The minimum Gasteiger partial charge on any atom is -0.451 e. The fourth-order valence-corrected chi connectivity index (χ4v) is 4.90. The van der Waals surface area contributed by atoms with Crippen LogP contribution in [-0.2, 0) is 14.8 Å². The average Bonchev–Trinajstić information content (AvgIpc) is 3.28. The Balaban J connectivity index is 1.18. The maximum Gasteiger partial charge on any atom is 0.305 e. The van der Waals surface area contributed by atoms with Gasteiger partial charge in [-0.05, 0) is 38.0 Å². The second-order valence-corrected chi connectivity index (χ2v) is 9.35. The summed E-state index contributed by atoms with van der Waals surface area (Å²) < 4.78 is 32.2. The van der Waals surface area contributed by atoms with E-state index >= 15 is 0 Å². The second-order valence-electron chi connectivity index (χ2n) is 7.70. The van der Waals surface area contributed by atoms with E-state index in [9.17, 15) is 18.0 Å². The minimum absolute atomic E-state index is 0.166. The highest BCUT2D eigenvalue weighted by molar-refractivity contribution is 7.90. The molecule has 0 bridgehead atoms. The molecule has 0 radical (unpaired) electrons. The van der Waals surface area contributed by atoms with Gasteiger partial charge in [-0.3, -0.25) is 30.2 Å². The topological polar surface area (TPSA) is 130 Å². The van der Waals surface area contributed by atoms with Gasteiger partial charge < -0.3 is 4.42 Å². The highest BCUT2D eigenvalue weighted by Gasteiger charge is 2.29. The van der Waals surface area contributed by atoms with E-state index in [4.69, 9.17) is 4.42 Å². The summed E-state index contributed by atoms with van der Waals surface area (Å²) in [5.74, 6) is -0.292. The van der Waals surface area contributed by atoms with Gasteiger partial charge in [0.2, 0.25) is 5.91 Å². The van der Waals surface area contributed by atoms with E-state index in [0.29, 0.717) is 41.9 Å². The molecular weight excluding hydrogens is 444 g/mol. The molecule has 172 valence electrons. The molecule has 4 rings (SSSR count). The Bertz CT molecular complexity index is 1340. The Hall–Kier alpha value is -3.66. The fraction of sp³-hybridized carbons (Fsp3) is 0.261. The van der Waals surface area contributed by atoms with Crippen LogP contribution < -0.4 is 15.6 Å². The molecule has 0 atom stereocenters. The number of carbonyl (C=O) groups excluding carboxylic acids is 2. The van der Waals surface area contributed by atoms with Crippen molar-refractivity contribution in [1.82, 2.24) is 15.6 Å². The zero-order chi connectivity index (χ0) is 23.4. The van der Waals surface area contributed by atoms with Crippen molar-refractivity contribution >= 4 is 38.6 Å². The van der Waals surface area contributed by atoms with Gasteiger partial charge in [-0.2, -0.15) is 0 Å². The van der Waals surface area contributed by atoms with Crippen molar-refractivity contribution in [2.45, 2.75) is 37.5 Å². The summed E-state index contributed by atoms with van der Waals surface area (Å²) in [4.78, 5) is 28.9. The summed E-state index contributed by atoms with van der Waals surface area (Å²) in [6.45, 7) is 2.23. The van der Waals surface area contributed by atoms with E-state index in [2.05, 4.69) is 20.6 Å². The first-order valence-corrected chi connectivity index (χ1v) is 12.1. The monoisotopic (exact) mass is 468 g/mol. The largest absolute Gasteiger partial charge is 0.451 e. The number of amides is 2. The number of hydrogen-bond donors (Lipinski definition) is 3.